The molecular formula is C33H24Cl2O4S. The van der Waals surface area contributed by atoms with Gasteiger partial charge in [0.15, 0.2) is 9.84 Å². The maximum absolute atomic E-state index is 13.4. The fourth-order valence-electron chi connectivity index (χ4n) is 5.61. The SMILES string of the molecule is CC(=O)Oc1c2c(cc3cc4ccccc4cc13)/C(=C(/C)CS(=O)(=O)c1ccc(Cl)cc1)C2c1ccc(Cl)cc1. The van der Waals surface area contributed by atoms with Crippen molar-refractivity contribution in [2.24, 2.45) is 0 Å². The van der Waals surface area contributed by atoms with Gasteiger partial charge in [0.25, 0.3) is 0 Å². The predicted octanol–water partition coefficient (Wildman–Crippen LogP) is 8.62. The van der Waals surface area contributed by atoms with E-state index in [1.165, 1.54) is 19.1 Å². The van der Waals surface area contributed by atoms with Crippen LogP contribution >= 0.6 is 23.2 Å². The highest BCUT2D eigenvalue weighted by molar-refractivity contribution is 7.91. The van der Waals surface area contributed by atoms with Crippen LogP contribution in [0.3, 0.4) is 0 Å². The maximum Gasteiger partial charge on any atom is 0.308 e. The average molecular weight is 588 g/mol. The summed E-state index contributed by atoms with van der Waals surface area (Å²) in [4.78, 5) is 12.6. The van der Waals surface area contributed by atoms with Crippen molar-refractivity contribution in [3.05, 3.63) is 123 Å². The summed E-state index contributed by atoms with van der Waals surface area (Å²) in [5, 5.41) is 4.91. The van der Waals surface area contributed by atoms with Crippen LogP contribution in [0.2, 0.25) is 10.0 Å². The zero-order valence-corrected chi connectivity index (χ0v) is 24.1. The molecule has 0 fully saturated rings. The van der Waals surface area contributed by atoms with Gasteiger partial charge < -0.3 is 4.74 Å². The van der Waals surface area contributed by atoms with E-state index in [2.05, 4.69) is 12.1 Å². The molecule has 0 heterocycles. The molecule has 0 saturated carbocycles. The summed E-state index contributed by atoms with van der Waals surface area (Å²) in [5.74, 6) is -0.371. The van der Waals surface area contributed by atoms with Crippen molar-refractivity contribution >= 4 is 66.1 Å². The standard InChI is InChI=1S/C33H24Cl2O4S/c1-19(18-40(37,38)27-13-11-26(35)12-14-27)30-29-17-24-15-22-5-3-4-6-23(22)16-28(24)33(39-20(2)36)32(29)31(30)21-7-9-25(34)10-8-21/h3-17,31H,18H2,1-2H3/b30-19+. The number of esters is 1. The van der Waals surface area contributed by atoms with Crippen LogP contribution in [0.5, 0.6) is 5.75 Å². The van der Waals surface area contributed by atoms with E-state index in [0.717, 1.165) is 49.4 Å². The number of hydrogen-bond acceptors (Lipinski definition) is 4. The zero-order valence-electron chi connectivity index (χ0n) is 21.7. The van der Waals surface area contributed by atoms with Gasteiger partial charge in [0, 0.05) is 33.8 Å². The third-order valence-corrected chi connectivity index (χ3v) is 9.66. The van der Waals surface area contributed by atoms with Crippen LogP contribution in [-0.2, 0) is 14.6 Å². The van der Waals surface area contributed by atoms with Gasteiger partial charge in [0.05, 0.1) is 10.6 Å². The van der Waals surface area contributed by atoms with E-state index in [1.807, 2.05) is 61.5 Å². The number of fused-ring (bicyclic) bond motifs is 3. The van der Waals surface area contributed by atoms with Crippen LogP contribution in [0.4, 0.5) is 0 Å². The molecule has 1 aliphatic carbocycles. The second kappa shape index (κ2) is 10.1. The Morgan fingerprint density at radius 2 is 1.40 bits per heavy atom. The Balaban J connectivity index is 1.60. The molecule has 40 heavy (non-hydrogen) atoms. The lowest BCUT2D eigenvalue weighted by atomic mass is 9.66. The molecule has 0 bridgehead atoms. The first-order valence-corrected chi connectivity index (χ1v) is 15.1. The molecule has 6 rings (SSSR count). The van der Waals surface area contributed by atoms with Crippen LogP contribution in [0, 0.1) is 0 Å². The maximum atomic E-state index is 13.4. The third kappa shape index (κ3) is 4.68. The molecule has 5 aromatic rings. The number of sulfone groups is 1. The number of halogens is 2. The first kappa shape index (κ1) is 26.6. The molecule has 0 radical (unpaired) electrons. The van der Waals surface area contributed by atoms with Gasteiger partial charge in [0.1, 0.15) is 5.75 Å². The van der Waals surface area contributed by atoms with Crippen LogP contribution in [0.1, 0.15) is 36.5 Å². The molecule has 4 nitrogen and oxygen atoms in total. The number of allylic oxidation sites excluding steroid dienone is 1. The van der Waals surface area contributed by atoms with Crippen LogP contribution in [0.25, 0.3) is 27.1 Å². The fraction of sp³-hybridized carbons (Fsp3) is 0.121. The molecular weight excluding hydrogens is 563 g/mol. The number of carbonyl (C=O) groups is 1. The lowest BCUT2D eigenvalue weighted by Gasteiger charge is -2.38. The normalized spacial score (nSPS) is 15.9. The van der Waals surface area contributed by atoms with Crippen molar-refractivity contribution in [3.63, 3.8) is 0 Å². The van der Waals surface area contributed by atoms with Crippen molar-refractivity contribution in [3.8, 4) is 5.75 Å². The van der Waals surface area contributed by atoms with Gasteiger partial charge in [0.2, 0.25) is 0 Å². The number of hydrogen-bond donors (Lipinski definition) is 0. The van der Waals surface area contributed by atoms with Gasteiger partial charge in [-0.25, -0.2) is 8.42 Å². The van der Waals surface area contributed by atoms with E-state index in [0.29, 0.717) is 15.8 Å². The predicted molar refractivity (Wildman–Crippen MR) is 162 cm³/mol. The van der Waals surface area contributed by atoms with Crippen molar-refractivity contribution in [1.82, 2.24) is 0 Å². The smallest absolute Gasteiger partial charge is 0.308 e. The number of ether oxygens (including phenoxy) is 1. The zero-order chi connectivity index (χ0) is 28.2. The van der Waals surface area contributed by atoms with E-state index in [9.17, 15) is 13.2 Å². The van der Waals surface area contributed by atoms with Gasteiger partial charge in [-0.3, -0.25) is 4.79 Å². The van der Waals surface area contributed by atoms with Gasteiger partial charge >= 0.3 is 5.97 Å². The minimum Gasteiger partial charge on any atom is -0.426 e. The Labute approximate surface area is 242 Å². The van der Waals surface area contributed by atoms with E-state index in [-0.39, 0.29) is 16.6 Å². The summed E-state index contributed by atoms with van der Waals surface area (Å²) >= 11 is 12.2. The average Bonchev–Trinajstić information content (AvgIpc) is 2.90. The summed E-state index contributed by atoms with van der Waals surface area (Å²) in [6.45, 7) is 3.24. The van der Waals surface area contributed by atoms with Crippen molar-refractivity contribution in [2.75, 3.05) is 5.75 Å². The molecule has 1 unspecified atom stereocenters. The summed E-state index contributed by atoms with van der Waals surface area (Å²) in [6.07, 6.45) is 0. The number of rotatable bonds is 5. The molecule has 200 valence electrons. The minimum atomic E-state index is -3.64. The highest BCUT2D eigenvalue weighted by Crippen LogP contribution is 2.57. The summed E-state index contributed by atoms with van der Waals surface area (Å²) in [6, 6.07) is 27.9. The Morgan fingerprint density at radius 1 is 0.800 bits per heavy atom. The number of benzene rings is 5. The summed E-state index contributed by atoms with van der Waals surface area (Å²) < 4.78 is 32.7. The van der Waals surface area contributed by atoms with Gasteiger partial charge in [-0.05, 0) is 94.4 Å². The third-order valence-electron chi connectivity index (χ3n) is 7.35. The van der Waals surface area contributed by atoms with Gasteiger partial charge in [-0.15, -0.1) is 0 Å². The minimum absolute atomic E-state index is 0.161. The van der Waals surface area contributed by atoms with Gasteiger partial charge in [-0.1, -0.05) is 65.2 Å². The monoisotopic (exact) mass is 586 g/mol. The first-order chi connectivity index (χ1) is 19.1. The van der Waals surface area contributed by atoms with E-state index in [4.69, 9.17) is 27.9 Å². The quantitative estimate of drug-likeness (QED) is 0.117. The van der Waals surface area contributed by atoms with Crippen LogP contribution < -0.4 is 4.74 Å². The van der Waals surface area contributed by atoms with Crippen LogP contribution in [0.15, 0.2) is 101 Å². The highest BCUT2D eigenvalue weighted by atomic mass is 35.5. The Bertz CT molecular complexity index is 1960. The molecule has 0 amide bonds. The second-order valence-electron chi connectivity index (χ2n) is 10.1. The second-order valence-corrected chi connectivity index (χ2v) is 12.9. The Hall–Kier alpha value is -3.64. The van der Waals surface area contributed by atoms with Crippen molar-refractivity contribution in [1.29, 1.82) is 0 Å². The van der Waals surface area contributed by atoms with E-state index >= 15 is 0 Å². The fourth-order valence-corrected chi connectivity index (χ4v) is 7.31. The summed E-state index contributed by atoms with van der Waals surface area (Å²) in [5.41, 5.74) is 4.29. The lowest BCUT2D eigenvalue weighted by Crippen LogP contribution is -2.23. The van der Waals surface area contributed by atoms with E-state index < -0.39 is 15.8 Å². The molecule has 7 heteroatoms. The number of carbonyl (C=O) groups excluding carboxylic acids is 1. The highest BCUT2D eigenvalue weighted by Gasteiger charge is 2.40. The molecule has 1 atom stereocenters. The molecule has 0 spiro atoms. The van der Waals surface area contributed by atoms with Crippen LogP contribution in [-0.4, -0.2) is 20.1 Å². The Kier molecular flexibility index (Phi) is 6.70. The van der Waals surface area contributed by atoms with Gasteiger partial charge in [-0.2, -0.15) is 0 Å². The molecule has 0 N–H and O–H groups in total. The molecule has 0 aromatic heterocycles. The van der Waals surface area contributed by atoms with Crippen molar-refractivity contribution < 1.29 is 17.9 Å². The van der Waals surface area contributed by atoms with Crippen molar-refractivity contribution in [2.45, 2.75) is 24.7 Å². The molecule has 0 saturated heterocycles. The Morgan fingerprint density at radius 3 is 2.02 bits per heavy atom. The molecule has 1 aliphatic rings. The molecule has 5 aromatic carbocycles. The topological polar surface area (TPSA) is 60.4 Å². The summed E-state index contributed by atoms with van der Waals surface area (Å²) in [7, 11) is -3.64. The first-order valence-electron chi connectivity index (χ1n) is 12.7. The lowest BCUT2D eigenvalue weighted by molar-refractivity contribution is -0.131. The largest absolute Gasteiger partial charge is 0.426 e. The van der Waals surface area contributed by atoms with E-state index in [1.54, 1.807) is 12.1 Å². The molecule has 0 aliphatic heterocycles.